The molecule has 0 aromatic heterocycles. The van der Waals surface area contributed by atoms with Crippen LogP contribution in [0.3, 0.4) is 0 Å². The van der Waals surface area contributed by atoms with E-state index in [1.54, 1.807) is 24.3 Å². The second-order valence-corrected chi connectivity index (χ2v) is 9.80. The SMILES string of the molecule is Cc1ccc(NS(=O)(=O)CCCCCC(C)C)c(OCc2ccc(C(=O)O)cc2)c1. The van der Waals surface area contributed by atoms with E-state index in [4.69, 9.17) is 9.84 Å². The van der Waals surface area contributed by atoms with Gasteiger partial charge in [0.25, 0.3) is 0 Å². The molecule has 0 heterocycles. The van der Waals surface area contributed by atoms with Gasteiger partial charge in [0.1, 0.15) is 12.4 Å². The zero-order valence-corrected chi connectivity index (χ0v) is 18.7. The number of hydrogen-bond donors (Lipinski definition) is 2. The lowest BCUT2D eigenvalue weighted by Crippen LogP contribution is -2.17. The number of unbranched alkanes of at least 4 members (excludes halogenated alkanes) is 2. The third-order valence-corrected chi connectivity index (χ3v) is 6.05. The number of carboxylic acid groups (broad SMARTS) is 1. The number of carboxylic acids is 1. The summed E-state index contributed by atoms with van der Waals surface area (Å²) in [5.41, 5.74) is 2.35. The number of anilines is 1. The average molecular weight is 434 g/mol. The molecule has 0 aliphatic carbocycles. The normalized spacial score (nSPS) is 11.5. The molecule has 30 heavy (non-hydrogen) atoms. The maximum atomic E-state index is 12.5. The Bertz CT molecular complexity index is 937. The fourth-order valence-electron chi connectivity index (χ4n) is 2.98. The molecule has 0 saturated heterocycles. The zero-order chi connectivity index (χ0) is 22.1. The van der Waals surface area contributed by atoms with Crippen LogP contribution in [0.1, 0.15) is 61.0 Å². The second kappa shape index (κ2) is 11.0. The highest BCUT2D eigenvalue weighted by atomic mass is 32.2. The summed E-state index contributed by atoms with van der Waals surface area (Å²) in [4.78, 5) is 11.0. The van der Waals surface area contributed by atoms with Crippen molar-refractivity contribution >= 4 is 21.7 Å². The molecule has 0 radical (unpaired) electrons. The number of carbonyl (C=O) groups is 1. The van der Waals surface area contributed by atoms with Gasteiger partial charge >= 0.3 is 5.97 Å². The van der Waals surface area contributed by atoms with Gasteiger partial charge in [-0.2, -0.15) is 0 Å². The molecule has 164 valence electrons. The molecule has 2 aromatic rings. The summed E-state index contributed by atoms with van der Waals surface area (Å²) in [7, 11) is -3.46. The van der Waals surface area contributed by atoms with E-state index in [1.807, 2.05) is 13.0 Å². The smallest absolute Gasteiger partial charge is 0.335 e. The predicted octanol–water partition coefficient (Wildman–Crippen LogP) is 5.23. The number of sulfonamides is 1. The summed E-state index contributed by atoms with van der Waals surface area (Å²) >= 11 is 0. The molecule has 0 atom stereocenters. The summed E-state index contributed by atoms with van der Waals surface area (Å²) in [6.45, 7) is 6.43. The third kappa shape index (κ3) is 8.06. The van der Waals surface area contributed by atoms with Crippen molar-refractivity contribution in [3.63, 3.8) is 0 Å². The summed E-state index contributed by atoms with van der Waals surface area (Å²) < 4.78 is 33.5. The number of aryl methyl sites for hydroxylation is 1. The van der Waals surface area contributed by atoms with Gasteiger partial charge < -0.3 is 9.84 Å². The Morgan fingerprint density at radius 1 is 1.07 bits per heavy atom. The maximum Gasteiger partial charge on any atom is 0.335 e. The van der Waals surface area contributed by atoms with E-state index in [2.05, 4.69) is 18.6 Å². The lowest BCUT2D eigenvalue weighted by atomic mass is 10.1. The summed E-state index contributed by atoms with van der Waals surface area (Å²) in [5, 5.41) is 8.98. The molecular formula is C23H31NO5S. The van der Waals surface area contributed by atoms with Crippen LogP contribution >= 0.6 is 0 Å². The molecular weight excluding hydrogens is 402 g/mol. The summed E-state index contributed by atoms with van der Waals surface area (Å²) in [6, 6.07) is 11.7. The lowest BCUT2D eigenvalue weighted by Gasteiger charge is -2.15. The Labute approximate surface area is 179 Å². The Morgan fingerprint density at radius 3 is 2.40 bits per heavy atom. The van der Waals surface area contributed by atoms with Gasteiger partial charge in [0, 0.05) is 0 Å². The van der Waals surface area contributed by atoms with Crippen molar-refractivity contribution in [1.82, 2.24) is 0 Å². The van der Waals surface area contributed by atoms with E-state index >= 15 is 0 Å². The Kier molecular flexibility index (Phi) is 8.72. The van der Waals surface area contributed by atoms with Crippen molar-refractivity contribution in [2.75, 3.05) is 10.5 Å². The molecule has 0 saturated carbocycles. The summed E-state index contributed by atoms with van der Waals surface area (Å²) in [6.07, 6.45) is 3.66. The van der Waals surface area contributed by atoms with Crippen LogP contribution in [-0.2, 0) is 16.6 Å². The Balaban J connectivity index is 1.99. The number of hydrogen-bond acceptors (Lipinski definition) is 4. The molecule has 7 heteroatoms. The molecule has 6 nitrogen and oxygen atoms in total. The van der Waals surface area contributed by atoms with Gasteiger partial charge in [-0.05, 0) is 54.7 Å². The van der Waals surface area contributed by atoms with Crippen molar-refractivity contribution in [3.8, 4) is 5.75 Å². The lowest BCUT2D eigenvalue weighted by molar-refractivity contribution is 0.0697. The average Bonchev–Trinajstić information content (AvgIpc) is 2.67. The molecule has 0 unspecified atom stereocenters. The summed E-state index contributed by atoms with van der Waals surface area (Å²) in [5.74, 6) is 0.171. The van der Waals surface area contributed by atoms with Crippen molar-refractivity contribution in [3.05, 3.63) is 59.2 Å². The number of benzene rings is 2. The molecule has 2 aromatic carbocycles. The van der Waals surface area contributed by atoms with Crippen LogP contribution in [0.2, 0.25) is 0 Å². The molecule has 0 fully saturated rings. The predicted molar refractivity (Wildman–Crippen MR) is 120 cm³/mol. The van der Waals surface area contributed by atoms with Crippen LogP contribution in [0.5, 0.6) is 5.75 Å². The molecule has 0 amide bonds. The van der Waals surface area contributed by atoms with E-state index < -0.39 is 16.0 Å². The number of ether oxygens (including phenoxy) is 1. The van der Waals surface area contributed by atoms with E-state index in [1.165, 1.54) is 12.1 Å². The zero-order valence-electron chi connectivity index (χ0n) is 17.8. The van der Waals surface area contributed by atoms with Crippen molar-refractivity contribution in [2.45, 2.75) is 53.1 Å². The van der Waals surface area contributed by atoms with Gasteiger partial charge in [0.15, 0.2) is 0 Å². The van der Waals surface area contributed by atoms with Gasteiger partial charge in [0.2, 0.25) is 10.0 Å². The highest BCUT2D eigenvalue weighted by Gasteiger charge is 2.14. The van der Waals surface area contributed by atoms with Crippen LogP contribution in [0.15, 0.2) is 42.5 Å². The first-order valence-corrected chi connectivity index (χ1v) is 11.9. The first-order chi connectivity index (χ1) is 14.2. The first kappa shape index (κ1) is 23.7. The van der Waals surface area contributed by atoms with Crippen molar-refractivity contribution < 1.29 is 23.1 Å². The van der Waals surface area contributed by atoms with Crippen molar-refractivity contribution in [1.29, 1.82) is 0 Å². The quantitative estimate of drug-likeness (QED) is 0.447. The van der Waals surface area contributed by atoms with Gasteiger partial charge in [-0.1, -0.05) is 51.3 Å². The number of nitrogens with one attached hydrogen (secondary N) is 1. The highest BCUT2D eigenvalue weighted by Crippen LogP contribution is 2.28. The fourth-order valence-corrected chi connectivity index (χ4v) is 4.17. The minimum absolute atomic E-state index is 0.0784. The van der Waals surface area contributed by atoms with E-state index in [0.717, 1.165) is 30.4 Å². The van der Waals surface area contributed by atoms with Crippen molar-refractivity contribution in [2.24, 2.45) is 5.92 Å². The minimum Gasteiger partial charge on any atom is -0.487 e. The van der Waals surface area contributed by atoms with Gasteiger partial charge in [-0.25, -0.2) is 13.2 Å². The largest absolute Gasteiger partial charge is 0.487 e. The monoisotopic (exact) mass is 433 g/mol. The third-order valence-electron chi connectivity index (χ3n) is 4.69. The van der Waals surface area contributed by atoms with E-state index in [9.17, 15) is 13.2 Å². The number of aromatic carboxylic acids is 1. The van der Waals surface area contributed by atoms with Crippen LogP contribution in [0.4, 0.5) is 5.69 Å². The highest BCUT2D eigenvalue weighted by molar-refractivity contribution is 7.92. The fraction of sp³-hybridized carbons (Fsp3) is 0.435. The minimum atomic E-state index is -3.46. The number of rotatable bonds is 12. The molecule has 2 rings (SSSR count). The first-order valence-electron chi connectivity index (χ1n) is 10.2. The molecule has 0 spiro atoms. The van der Waals surface area contributed by atoms with E-state index in [-0.39, 0.29) is 17.9 Å². The molecule has 0 aliphatic heterocycles. The molecule has 2 N–H and O–H groups in total. The van der Waals surface area contributed by atoms with Crippen LogP contribution in [0.25, 0.3) is 0 Å². The maximum absolute atomic E-state index is 12.5. The Hall–Kier alpha value is -2.54. The topological polar surface area (TPSA) is 92.7 Å². The Morgan fingerprint density at radius 2 is 1.77 bits per heavy atom. The van der Waals surface area contributed by atoms with E-state index in [0.29, 0.717) is 23.8 Å². The van der Waals surface area contributed by atoms with Gasteiger partial charge in [-0.15, -0.1) is 0 Å². The molecule has 0 aliphatic rings. The van der Waals surface area contributed by atoms with Crippen LogP contribution in [-0.4, -0.2) is 25.2 Å². The van der Waals surface area contributed by atoms with Crippen LogP contribution in [0, 0.1) is 12.8 Å². The standard InChI is InChI=1S/C23H31NO5S/c1-17(2)7-5-4-6-14-30(27,28)24-21-13-8-18(3)15-22(21)29-16-19-9-11-20(12-10-19)23(25)26/h8-13,15,17,24H,4-7,14,16H2,1-3H3,(H,25,26). The second-order valence-electron chi connectivity index (χ2n) is 7.95. The van der Waals surface area contributed by atoms with Crippen LogP contribution < -0.4 is 9.46 Å². The van der Waals surface area contributed by atoms with Gasteiger partial charge in [0.05, 0.1) is 17.0 Å². The molecule has 0 bridgehead atoms. The van der Waals surface area contributed by atoms with Gasteiger partial charge in [-0.3, -0.25) is 4.72 Å².